The maximum atomic E-state index is 5.63. The molecule has 3 heteroatoms. The van der Waals surface area contributed by atoms with E-state index in [1.807, 2.05) is 18.2 Å². The van der Waals surface area contributed by atoms with Crippen molar-refractivity contribution in [2.45, 2.75) is 25.9 Å². The average Bonchev–Trinajstić information content (AvgIpc) is 2.97. The van der Waals surface area contributed by atoms with Crippen LogP contribution in [0.4, 0.5) is 0 Å². The Morgan fingerprint density at radius 1 is 1.05 bits per heavy atom. The fourth-order valence-corrected chi connectivity index (χ4v) is 2.74. The zero-order valence-electron chi connectivity index (χ0n) is 13.4. The zero-order chi connectivity index (χ0) is 15.2. The van der Waals surface area contributed by atoms with E-state index in [-0.39, 0.29) is 6.04 Å². The molecule has 2 unspecified atom stereocenters. The maximum absolute atomic E-state index is 5.63. The van der Waals surface area contributed by atoms with Crippen LogP contribution in [0.2, 0.25) is 0 Å². The number of hydrogen-bond acceptors (Lipinski definition) is 3. The SMILES string of the molecule is CC(C)C(CNC(c1ccccc1)c1ccco1)N(C)C. The Morgan fingerprint density at radius 2 is 1.76 bits per heavy atom. The van der Waals surface area contributed by atoms with Crippen molar-refractivity contribution in [3.05, 3.63) is 60.1 Å². The third kappa shape index (κ3) is 4.19. The molecule has 0 amide bonds. The molecule has 1 heterocycles. The van der Waals surface area contributed by atoms with Crippen LogP contribution >= 0.6 is 0 Å². The second-order valence-electron chi connectivity index (χ2n) is 6.04. The lowest BCUT2D eigenvalue weighted by Gasteiger charge is -2.30. The van der Waals surface area contributed by atoms with Crippen LogP contribution in [0, 0.1) is 5.92 Å². The van der Waals surface area contributed by atoms with E-state index in [1.165, 1.54) is 5.56 Å². The molecular weight excluding hydrogens is 260 g/mol. The highest BCUT2D eigenvalue weighted by atomic mass is 16.3. The van der Waals surface area contributed by atoms with E-state index in [2.05, 4.69) is 62.4 Å². The highest BCUT2D eigenvalue weighted by Crippen LogP contribution is 2.22. The molecule has 2 atom stereocenters. The third-order valence-corrected chi connectivity index (χ3v) is 3.92. The number of furan rings is 1. The standard InChI is InChI=1S/C18H26N2O/c1-14(2)16(20(3)4)13-19-18(17-11-8-12-21-17)15-9-6-5-7-10-15/h5-12,14,16,18-19H,13H2,1-4H3. The molecule has 0 saturated carbocycles. The van der Waals surface area contributed by atoms with E-state index in [0.717, 1.165) is 12.3 Å². The van der Waals surface area contributed by atoms with Gasteiger partial charge in [0.05, 0.1) is 12.3 Å². The molecule has 1 aromatic heterocycles. The van der Waals surface area contributed by atoms with E-state index in [1.54, 1.807) is 6.26 Å². The number of nitrogens with zero attached hydrogens (tertiary/aromatic N) is 1. The van der Waals surface area contributed by atoms with Crippen LogP contribution in [0.15, 0.2) is 53.1 Å². The van der Waals surface area contributed by atoms with Crippen molar-refractivity contribution in [2.24, 2.45) is 5.92 Å². The Morgan fingerprint density at radius 3 is 2.29 bits per heavy atom. The largest absolute Gasteiger partial charge is 0.467 e. The van der Waals surface area contributed by atoms with Crippen LogP contribution in [0.3, 0.4) is 0 Å². The van der Waals surface area contributed by atoms with E-state index in [9.17, 15) is 0 Å². The van der Waals surface area contributed by atoms with E-state index >= 15 is 0 Å². The minimum absolute atomic E-state index is 0.0994. The molecule has 1 aromatic carbocycles. The Labute approximate surface area is 128 Å². The first-order valence-electron chi connectivity index (χ1n) is 7.57. The summed E-state index contributed by atoms with van der Waals surface area (Å²) in [6, 6.07) is 15.0. The summed E-state index contributed by atoms with van der Waals surface area (Å²) in [7, 11) is 4.27. The predicted octanol–water partition coefficient (Wildman–Crippen LogP) is 3.54. The van der Waals surface area contributed by atoms with Gasteiger partial charge in [0.15, 0.2) is 0 Å². The zero-order valence-corrected chi connectivity index (χ0v) is 13.4. The Balaban J connectivity index is 2.14. The molecule has 0 saturated heterocycles. The Hall–Kier alpha value is -1.58. The van der Waals surface area contributed by atoms with Gasteiger partial charge in [0, 0.05) is 12.6 Å². The predicted molar refractivity (Wildman–Crippen MR) is 87.3 cm³/mol. The van der Waals surface area contributed by atoms with Crippen molar-refractivity contribution in [1.29, 1.82) is 0 Å². The van der Waals surface area contributed by atoms with Gasteiger partial charge in [-0.25, -0.2) is 0 Å². The fourth-order valence-electron chi connectivity index (χ4n) is 2.74. The second kappa shape index (κ2) is 7.43. The van der Waals surface area contributed by atoms with Gasteiger partial charge in [0.25, 0.3) is 0 Å². The highest BCUT2D eigenvalue weighted by Gasteiger charge is 2.21. The summed E-state index contributed by atoms with van der Waals surface area (Å²) in [6.45, 7) is 5.44. The Bertz CT molecular complexity index is 497. The van der Waals surface area contributed by atoms with Crippen LogP contribution in [-0.4, -0.2) is 31.6 Å². The van der Waals surface area contributed by atoms with Crippen LogP contribution in [-0.2, 0) is 0 Å². The van der Waals surface area contributed by atoms with Crippen molar-refractivity contribution in [2.75, 3.05) is 20.6 Å². The molecule has 0 aliphatic heterocycles. The quantitative estimate of drug-likeness (QED) is 0.844. The van der Waals surface area contributed by atoms with Crippen molar-refractivity contribution in [3.63, 3.8) is 0 Å². The van der Waals surface area contributed by atoms with Crippen LogP contribution < -0.4 is 5.32 Å². The van der Waals surface area contributed by atoms with Gasteiger partial charge in [-0.2, -0.15) is 0 Å². The molecule has 114 valence electrons. The summed E-state index contributed by atoms with van der Waals surface area (Å²) >= 11 is 0. The van der Waals surface area contributed by atoms with Gasteiger partial charge < -0.3 is 14.6 Å². The van der Waals surface area contributed by atoms with Gasteiger partial charge >= 0.3 is 0 Å². The molecule has 0 aliphatic carbocycles. The number of nitrogens with one attached hydrogen (secondary N) is 1. The smallest absolute Gasteiger partial charge is 0.125 e. The number of rotatable bonds is 7. The summed E-state index contributed by atoms with van der Waals surface area (Å²) in [5.74, 6) is 1.56. The Kier molecular flexibility index (Phi) is 5.59. The number of benzene rings is 1. The lowest BCUT2D eigenvalue weighted by Crippen LogP contribution is -2.42. The molecule has 2 aromatic rings. The maximum Gasteiger partial charge on any atom is 0.125 e. The monoisotopic (exact) mass is 286 g/mol. The summed E-state index contributed by atoms with van der Waals surface area (Å²) in [5.41, 5.74) is 1.23. The van der Waals surface area contributed by atoms with Crippen molar-refractivity contribution in [3.8, 4) is 0 Å². The molecule has 0 spiro atoms. The third-order valence-electron chi connectivity index (χ3n) is 3.92. The fraction of sp³-hybridized carbons (Fsp3) is 0.444. The average molecular weight is 286 g/mol. The molecule has 0 fully saturated rings. The normalized spacial score (nSPS) is 14.6. The minimum atomic E-state index is 0.0994. The van der Waals surface area contributed by atoms with Crippen molar-refractivity contribution >= 4 is 0 Å². The van der Waals surface area contributed by atoms with Crippen molar-refractivity contribution < 1.29 is 4.42 Å². The second-order valence-corrected chi connectivity index (χ2v) is 6.04. The molecule has 0 bridgehead atoms. The topological polar surface area (TPSA) is 28.4 Å². The number of likely N-dealkylation sites (N-methyl/N-ethyl adjacent to an activating group) is 1. The van der Waals surface area contributed by atoms with Crippen LogP contribution in [0.25, 0.3) is 0 Å². The highest BCUT2D eigenvalue weighted by molar-refractivity contribution is 5.26. The van der Waals surface area contributed by atoms with Gasteiger partial charge in [-0.05, 0) is 37.7 Å². The molecule has 0 aliphatic rings. The first kappa shape index (κ1) is 15.8. The first-order valence-corrected chi connectivity index (χ1v) is 7.57. The van der Waals surface area contributed by atoms with Gasteiger partial charge in [0.2, 0.25) is 0 Å². The molecule has 21 heavy (non-hydrogen) atoms. The molecule has 1 N–H and O–H groups in total. The summed E-state index contributed by atoms with van der Waals surface area (Å²) < 4.78 is 5.63. The van der Waals surface area contributed by atoms with E-state index in [4.69, 9.17) is 4.42 Å². The lowest BCUT2D eigenvalue weighted by molar-refractivity contribution is 0.219. The molecule has 0 radical (unpaired) electrons. The van der Waals surface area contributed by atoms with Crippen molar-refractivity contribution in [1.82, 2.24) is 10.2 Å². The summed E-state index contributed by atoms with van der Waals surface area (Å²) in [6.07, 6.45) is 1.73. The lowest BCUT2D eigenvalue weighted by atomic mass is 10.0. The molecule has 2 rings (SSSR count). The summed E-state index contributed by atoms with van der Waals surface area (Å²) in [5, 5.41) is 3.67. The minimum Gasteiger partial charge on any atom is -0.467 e. The van der Waals surface area contributed by atoms with Gasteiger partial charge in [-0.15, -0.1) is 0 Å². The van der Waals surface area contributed by atoms with E-state index < -0.39 is 0 Å². The van der Waals surface area contributed by atoms with Crippen LogP contribution in [0.1, 0.15) is 31.2 Å². The molecule has 3 nitrogen and oxygen atoms in total. The van der Waals surface area contributed by atoms with Crippen LogP contribution in [0.5, 0.6) is 0 Å². The molecular formula is C18H26N2O. The van der Waals surface area contributed by atoms with Gasteiger partial charge in [0.1, 0.15) is 5.76 Å². The van der Waals surface area contributed by atoms with E-state index in [0.29, 0.717) is 12.0 Å². The first-order chi connectivity index (χ1) is 10.1. The van der Waals surface area contributed by atoms with Gasteiger partial charge in [-0.3, -0.25) is 0 Å². The summed E-state index contributed by atoms with van der Waals surface area (Å²) in [4.78, 5) is 2.28. The number of hydrogen-bond donors (Lipinski definition) is 1. The van der Waals surface area contributed by atoms with Gasteiger partial charge in [-0.1, -0.05) is 44.2 Å².